The van der Waals surface area contributed by atoms with Gasteiger partial charge in [0.1, 0.15) is 22.7 Å². The number of furan rings is 2. The normalized spacial score (nSPS) is 20.8. The Morgan fingerprint density at radius 3 is 2.14 bits per heavy atom. The molecule has 2 aromatic heterocycles. The number of urea groups is 2. The van der Waals surface area contributed by atoms with Crippen molar-refractivity contribution in [3.8, 4) is 0 Å². The van der Waals surface area contributed by atoms with Crippen LogP contribution in [0, 0.1) is 13.8 Å². The van der Waals surface area contributed by atoms with Gasteiger partial charge in [0, 0.05) is 53.7 Å². The van der Waals surface area contributed by atoms with E-state index in [9.17, 15) is 9.59 Å². The van der Waals surface area contributed by atoms with Gasteiger partial charge in [0.2, 0.25) is 0 Å². The molecule has 1 aliphatic carbocycles. The molecule has 274 valence electrons. The SMILES string of the molecule is Cc1c(C(C)NC(=O)NC2CCN(CCCc3ccc4c(C)c(C(C)NC(=O)NC5CCOC6(CCCC6)C5)oc4c3)CC2)oc2ccccc12. The molecule has 4 heterocycles. The minimum atomic E-state index is -0.242. The molecule has 4 N–H and O–H groups in total. The number of amides is 4. The van der Waals surface area contributed by atoms with E-state index in [2.05, 4.69) is 51.3 Å². The molecule has 4 aromatic rings. The van der Waals surface area contributed by atoms with Crippen molar-refractivity contribution in [2.75, 3.05) is 26.2 Å². The van der Waals surface area contributed by atoms with Crippen molar-refractivity contribution in [1.82, 2.24) is 26.2 Å². The molecule has 10 nitrogen and oxygen atoms in total. The van der Waals surface area contributed by atoms with Gasteiger partial charge < -0.3 is 39.7 Å². The van der Waals surface area contributed by atoms with E-state index in [-0.39, 0.29) is 41.8 Å². The van der Waals surface area contributed by atoms with Crippen molar-refractivity contribution in [2.24, 2.45) is 0 Å². The summed E-state index contributed by atoms with van der Waals surface area (Å²) in [5.41, 5.74) is 5.09. The first-order chi connectivity index (χ1) is 24.7. The van der Waals surface area contributed by atoms with Crippen molar-refractivity contribution in [2.45, 2.75) is 122 Å². The number of benzene rings is 2. The zero-order valence-corrected chi connectivity index (χ0v) is 30.7. The minimum absolute atomic E-state index is 0.0282. The number of carbonyl (C=O) groups is 2. The number of piperidine rings is 1. The highest BCUT2D eigenvalue weighted by Gasteiger charge is 2.40. The number of para-hydroxylation sites is 1. The van der Waals surface area contributed by atoms with Crippen LogP contribution in [0.1, 0.15) is 112 Å². The van der Waals surface area contributed by atoms with Gasteiger partial charge in [0.05, 0.1) is 17.7 Å². The van der Waals surface area contributed by atoms with E-state index >= 15 is 0 Å². The van der Waals surface area contributed by atoms with Crippen molar-refractivity contribution in [1.29, 1.82) is 0 Å². The Hall–Kier alpha value is -4.02. The van der Waals surface area contributed by atoms with Gasteiger partial charge in [-0.1, -0.05) is 43.2 Å². The quantitative estimate of drug-likeness (QED) is 0.133. The number of hydrogen-bond acceptors (Lipinski definition) is 6. The molecular formula is C41H55N5O5. The standard InChI is InChI=1S/C41H55N5O5/c1-26-33-11-5-6-12-35(33)50-37(26)28(3)42-39(47)44-31-15-21-46(22-16-31)20-9-10-30-13-14-34-27(2)38(51-36(34)24-30)29(4)43-40(48)45-32-17-23-49-41(25-32)18-7-8-19-41/h5-6,11-14,24,28-29,31-32H,7-10,15-23,25H2,1-4H3,(H2,42,44,47)(H2,43,45,48). The molecule has 0 radical (unpaired) electrons. The van der Waals surface area contributed by atoms with Crippen LogP contribution in [0.25, 0.3) is 21.9 Å². The van der Waals surface area contributed by atoms with E-state index in [1.54, 1.807) is 0 Å². The number of carbonyl (C=O) groups excluding carboxylic acids is 2. The zero-order chi connectivity index (χ0) is 35.5. The Kier molecular flexibility index (Phi) is 10.6. The van der Waals surface area contributed by atoms with Gasteiger partial charge in [0.25, 0.3) is 0 Å². The molecule has 0 bridgehead atoms. The van der Waals surface area contributed by atoms with Crippen LogP contribution in [0.2, 0.25) is 0 Å². The summed E-state index contributed by atoms with van der Waals surface area (Å²) < 4.78 is 18.5. The molecule has 7 rings (SSSR count). The molecule has 10 heteroatoms. The summed E-state index contributed by atoms with van der Waals surface area (Å²) in [6, 6.07) is 14.0. The van der Waals surface area contributed by atoms with E-state index in [4.69, 9.17) is 13.6 Å². The highest BCUT2D eigenvalue weighted by atomic mass is 16.5. The second kappa shape index (κ2) is 15.3. The van der Waals surface area contributed by atoms with Crippen molar-refractivity contribution >= 4 is 34.0 Å². The maximum Gasteiger partial charge on any atom is 0.315 e. The summed E-state index contributed by atoms with van der Waals surface area (Å²) in [6.07, 6.45) is 10.3. The summed E-state index contributed by atoms with van der Waals surface area (Å²) in [6.45, 7) is 11.7. The number of ether oxygens (including phenoxy) is 1. The summed E-state index contributed by atoms with van der Waals surface area (Å²) in [5, 5.41) is 14.8. The fourth-order valence-corrected chi connectivity index (χ4v) is 8.77. The summed E-state index contributed by atoms with van der Waals surface area (Å²) in [5.74, 6) is 1.61. The smallest absolute Gasteiger partial charge is 0.315 e. The van der Waals surface area contributed by atoms with Crippen LogP contribution in [0.5, 0.6) is 0 Å². The molecule has 2 aromatic carbocycles. The second-order valence-corrected chi connectivity index (χ2v) is 15.3. The van der Waals surface area contributed by atoms with Crippen molar-refractivity contribution in [3.63, 3.8) is 0 Å². The van der Waals surface area contributed by atoms with Crippen LogP contribution in [-0.4, -0.2) is 60.9 Å². The van der Waals surface area contributed by atoms with Gasteiger partial charge in [-0.3, -0.25) is 0 Å². The fraction of sp³-hybridized carbons (Fsp3) is 0.561. The maximum atomic E-state index is 13.0. The number of rotatable bonds is 10. The van der Waals surface area contributed by atoms with E-state index < -0.39 is 0 Å². The van der Waals surface area contributed by atoms with Crippen molar-refractivity contribution < 1.29 is 23.2 Å². The number of nitrogens with zero attached hydrogens (tertiary/aromatic N) is 1. The average Bonchev–Trinajstić information content (AvgIpc) is 3.80. The van der Waals surface area contributed by atoms with Gasteiger partial charge in [-0.25, -0.2) is 9.59 Å². The third-order valence-corrected chi connectivity index (χ3v) is 11.6. The Morgan fingerprint density at radius 1 is 0.824 bits per heavy atom. The molecule has 3 aliphatic rings. The predicted molar refractivity (Wildman–Crippen MR) is 200 cm³/mol. The lowest BCUT2D eigenvalue weighted by atomic mass is 9.89. The van der Waals surface area contributed by atoms with E-state index in [0.29, 0.717) is 6.61 Å². The molecule has 51 heavy (non-hydrogen) atoms. The maximum absolute atomic E-state index is 13.0. The molecule has 1 saturated carbocycles. The number of fused-ring (bicyclic) bond motifs is 2. The largest absolute Gasteiger partial charge is 0.459 e. The van der Waals surface area contributed by atoms with E-state index in [1.165, 1.54) is 18.4 Å². The predicted octanol–water partition coefficient (Wildman–Crippen LogP) is 8.11. The highest BCUT2D eigenvalue weighted by Crippen LogP contribution is 2.40. The van der Waals surface area contributed by atoms with Gasteiger partial charge in [-0.15, -0.1) is 0 Å². The van der Waals surface area contributed by atoms with Crippen LogP contribution in [0.15, 0.2) is 51.3 Å². The van der Waals surface area contributed by atoms with Gasteiger partial charge in [-0.2, -0.15) is 0 Å². The number of hydrogen-bond donors (Lipinski definition) is 4. The number of likely N-dealkylation sites (tertiary alicyclic amines) is 1. The Balaban J connectivity index is 0.835. The average molecular weight is 698 g/mol. The first kappa shape index (κ1) is 35.4. The van der Waals surface area contributed by atoms with Crippen LogP contribution >= 0.6 is 0 Å². The lowest BCUT2D eigenvalue weighted by molar-refractivity contribution is -0.0820. The van der Waals surface area contributed by atoms with Crippen LogP contribution in [-0.2, 0) is 11.2 Å². The van der Waals surface area contributed by atoms with Crippen LogP contribution in [0.3, 0.4) is 0 Å². The Bertz CT molecular complexity index is 1830. The Morgan fingerprint density at radius 2 is 1.45 bits per heavy atom. The van der Waals surface area contributed by atoms with Crippen LogP contribution in [0.4, 0.5) is 9.59 Å². The van der Waals surface area contributed by atoms with E-state index in [0.717, 1.165) is 116 Å². The molecule has 3 unspecified atom stereocenters. The number of aryl methyl sites for hydroxylation is 3. The highest BCUT2D eigenvalue weighted by molar-refractivity contribution is 5.84. The monoisotopic (exact) mass is 697 g/mol. The minimum Gasteiger partial charge on any atom is -0.459 e. The van der Waals surface area contributed by atoms with Gasteiger partial charge in [0.15, 0.2) is 0 Å². The Labute approximate surface area is 301 Å². The molecule has 1 spiro atoms. The molecule has 3 fully saturated rings. The lowest BCUT2D eigenvalue weighted by Gasteiger charge is -2.38. The summed E-state index contributed by atoms with van der Waals surface area (Å²) >= 11 is 0. The molecular weight excluding hydrogens is 642 g/mol. The molecule has 3 atom stereocenters. The third kappa shape index (κ3) is 8.07. The molecule has 4 amide bonds. The third-order valence-electron chi connectivity index (χ3n) is 11.6. The summed E-state index contributed by atoms with van der Waals surface area (Å²) in [4.78, 5) is 28.3. The lowest BCUT2D eigenvalue weighted by Crippen LogP contribution is -2.50. The van der Waals surface area contributed by atoms with Gasteiger partial charge >= 0.3 is 12.1 Å². The number of nitrogens with one attached hydrogen (secondary N) is 4. The first-order valence-corrected chi connectivity index (χ1v) is 19.2. The van der Waals surface area contributed by atoms with Crippen LogP contribution < -0.4 is 21.3 Å². The summed E-state index contributed by atoms with van der Waals surface area (Å²) in [7, 11) is 0. The molecule has 2 aliphatic heterocycles. The van der Waals surface area contributed by atoms with Gasteiger partial charge in [-0.05, 0) is 103 Å². The van der Waals surface area contributed by atoms with E-state index in [1.807, 2.05) is 45.0 Å². The topological polar surface area (TPSA) is 121 Å². The fourth-order valence-electron chi connectivity index (χ4n) is 8.77. The second-order valence-electron chi connectivity index (χ2n) is 15.3. The first-order valence-electron chi connectivity index (χ1n) is 19.2. The zero-order valence-electron chi connectivity index (χ0n) is 30.7. The molecule has 2 saturated heterocycles. The van der Waals surface area contributed by atoms with Crippen molar-refractivity contribution in [3.05, 3.63) is 70.7 Å².